The molecule has 12 N–H and O–H groups in total. The van der Waals surface area contributed by atoms with Crippen LogP contribution < -0.4 is 34.4 Å². The minimum Gasteiger partial charge on any atom is -0.397 e. The van der Waals surface area contributed by atoms with Gasteiger partial charge in [0.25, 0.3) is 0 Å². The molecule has 0 heterocycles. The second-order valence-electron chi connectivity index (χ2n) is 4.89. The first kappa shape index (κ1) is 22.7. The zero-order valence-electron chi connectivity index (χ0n) is 14.0. The monoisotopic (exact) mass is 463 g/mol. The summed E-state index contributed by atoms with van der Waals surface area (Å²) in [4.78, 5) is 0. The van der Waals surface area contributed by atoms with Gasteiger partial charge in [0, 0.05) is 35.6 Å². The minimum absolute atomic E-state index is 0. The van der Waals surface area contributed by atoms with Gasteiger partial charge in [0.1, 0.15) is 0 Å². The summed E-state index contributed by atoms with van der Waals surface area (Å²) in [5, 5.41) is 0. The van der Waals surface area contributed by atoms with Crippen molar-refractivity contribution < 1.29 is 35.6 Å². The molecule has 0 aliphatic carbocycles. The Labute approximate surface area is 176 Å². The fourth-order valence-corrected chi connectivity index (χ4v) is 1.53. The zero-order chi connectivity index (χ0) is 17.9. The van der Waals surface area contributed by atoms with Gasteiger partial charge in [-0.15, -0.1) is 0 Å². The Bertz CT molecular complexity index is 597. The van der Waals surface area contributed by atoms with E-state index in [0.717, 1.165) is 0 Å². The molecule has 3 aromatic rings. The van der Waals surface area contributed by atoms with Gasteiger partial charge >= 0.3 is 0 Å². The maximum absolute atomic E-state index is 5.39. The minimum atomic E-state index is 0. The predicted molar refractivity (Wildman–Crippen MR) is 106 cm³/mol. The van der Waals surface area contributed by atoms with Crippen molar-refractivity contribution in [3.63, 3.8) is 0 Å². The Balaban J connectivity index is 0.000000339. The van der Waals surface area contributed by atoms with E-state index < -0.39 is 0 Å². The standard InChI is InChI=1S/3C6H8N2.La/c3*7-5-3-1-2-4-6(5)8;/h3*1-4H,7-8H2;. The van der Waals surface area contributed by atoms with Gasteiger partial charge in [0.15, 0.2) is 0 Å². The molecular formula is C18H24LaN6. The van der Waals surface area contributed by atoms with Crippen LogP contribution in [0.1, 0.15) is 0 Å². The van der Waals surface area contributed by atoms with E-state index in [9.17, 15) is 0 Å². The van der Waals surface area contributed by atoms with E-state index in [1.54, 1.807) is 36.4 Å². The van der Waals surface area contributed by atoms with Gasteiger partial charge in [-0.05, 0) is 36.4 Å². The zero-order valence-corrected chi connectivity index (χ0v) is 17.6. The van der Waals surface area contributed by atoms with Gasteiger partial charge in [-0.25, -0.2) is 0 Å². The molecule has 0 fully saturated rings. The van der Waals surface area contributed by atoms with Crippen molar-refractivity contribution in [1.82, 2.24) is 0 Å². The quantitative estimate of drug-likeness (QED) is 0.282. The molecule has 0 aliphatic heterocycles. The van der Waals surface area contributed by atoms with E-state index in [2.05, 4.69) is 0 Å². The largest absolute Gasteiger partial charge is 0.397 e. The number of anilines is 6. The van der Waals surface area contributed by atoms with E-state index in [0.29, 0.717) is 34.1 Å². The van der Waals surface area contributed by atoms with Gasteiger partial charge in [-0.1, -0.05) is 36.4 Å². The Hall–Kier alpha value is -2.35. The Morgan fingerprint density at radius 1 is 0.320 bits per heavy atom. The van der Waals surface area contributed by atoms with Crippen LogP contribution in [0, 0.1) is 35.6 Å². The Morgan fingerprint density at radius 3 is 0.520 bits per heavy atom. The summed E-state index contributed by atoms with van der Waals surface area (Å²) < 4.78 is 0. The van der Waals surface area contributed by atoms with Gasteiger partial charge in [-0.3, -0.25) is 0 Å². The SMILES string of the molecule is Nc1ccccc1N.Nc1ccccc1N.Nc1ccccc1N.[La]. The third kappa shape index (κ3) is 8.90. The molecule has 25 heavy (non-hydrogen) atoms. The fraction of sp³-hybridized carbons (Fsp3) is 0. The van der Waals surface area contributed by atoms with Crippen LogP contribution in [0.2, 0.25) is 0 Å². The Kier molecular flexibility index (Phi) is 10.9. The van der Waals surface area contributed by atoms with Crippen LogP contribution in [0.3, 0.4) is 0 Å². The molecule has 3 rings (SSSR count). The first-order valence-electron chi connectivity index (χ1n) is 7.21. The van der Waals surface area contributed by atoms with Crippen molar-refractivity contribution in [2.45, 2.75) is 0 Å². The van der Waals surface area contributed by atoms with Crippen LogP contribution in [0.5, 0.6) is 0 Å². The van der Waals surface area contributed by atoms with Crippen molar-refractivity contribution in [2.24, 2.45) is 0 Å². The van der Waals surface area contributed by atoms with Crippen LogP contribution >= 0.6 is 0 Å². The first-order chi connectivity index (χ1) is 11.4. The molecule has 6 nitrogen and oxygen atoms in total. The van der Waals surface area contributed by atoms with E-state index >= 15 is 0 Å². The van der Waals surface area contributed by atoms with Crippen molar-refractivity contribution in [1.29, 1.82) is 0 Å². The molecule has 0 spiro atoms. The third-order valence-corrected chi connectivity index (χ3v) is 2.99. The predicted octanol–water partition coefficient (Wildman–Crippen LogP) is 2.55. The summed E-state index contributed by atoms with van der Waals surface area (Å²) >= 11 is 0. The summed E-state index contributed by atoms with van der Waals surface area (Å²) in [6, 6.07) is 21.8. The van der Waals surface area contributed by atoms with Crippen LogP contribution in [-0.2, 0) is 0 Å². The molecule has 0 unspecified atom stereocenters. The summed E-state index contributed by atoms with van der Waals surface area (Å²) in [7, 11) is 0. The second-order valence-corrected chi connectivity index (χ2v) is 4.89. The molecule has 1 radical (unpaired) electrons. The number of hydrogen-bond acceptors (Lipinski definition) is 6. The molecule has 0 bridgehead atoms. The van der Waals surface area contributed by atoms with Crippen LogP contribution in [0.15, 0.2) is 72.8 Å². The normalized spacial score (nSPS) is 8.64. The molecule has 0 saturated heterocycles. The number of nitrogen functional groups attached to an aromatic ring is 6. The van der Waals surface area contributed by atoms with Gasteiger partial charge in [0.2, 0.25) is 0 Å². The second kappa shape index (κ2) is 12.1. The molecule has 7 heteroatoms. The number of hydrogen-bond donors (Lipinski definition) is 6. The average Bonchev–Trinajstić information content (AvgIpc) is 2.57. The van der Waals surface area contributed by atoms with Crippen molar-refractivity contribution in [3.05, 3.63) is 72.8 Å². The molecular weight excluding hydrogens is 439 g/mol. The fourth-order valence-electron chi connectivity index (χ4n) is 1.53. The van der Waals surface area contributed by atoms with Crippen LogP contribution in [-0.4, -0.2) is 0 Å². The first-order valence-corrected chi connectivity index (χ1v) is 7.21. The molecule has 129 valence electrons. The maximum atomic E-state index is 5.39. The molecule has 0 atom stereocenters. The number of para-hydroxylation sites is 6. The number of benzene rings is 3. The number of rotatable bonds is 0. The van der Waals surface area contributed by atoms with Crippen LogP contribution in [0.4, 0.5) is 34.1 Å². The van der Waals surface area contributed by atoms with Gasteiger partial charge in [-0.2, -0.15) is 0 Å². The van der Waals surface area contributed by atoms with E-state index in [1.807, 2.05) is 36.4 Å². The summed E-state index contributed by atoms with van der Waals surface area (Å²) in [5.74, 6) is 0. The Morgan fingerprint density at radius 2 is 0.440 bits per heavy atom. The smallest absolute Gasteiger partial charge is 0.0547 e. The average molecular weight is 463 g/mol. The van der Waals surface area contributed by atoms with E-state index in [4.69, 9.17) is 34.4 Å². The van der Waals surface area contributed by atoms with Gasteiger partial charge < -0.3 is 34.4 Å². The summed E-state index contributed by atoms with van der Waals surface area (Å²) in [5.41, 5.74) is 36.2. The van der Waals surface area contributed by atoms with E-state index in [-0.39, 0.29) is 35.6 Å². The van der Waals surface area contributed by atoms with Gasteiger partial charge in [0.05, 0.1) is 34.1 Å². The molecule has 0 aromatic heterocycles. The molecule has 0 saturated carbocycles. The molecule has 0 aliphatic rings. The molecule has 0 amide bonds. The summed E-state index contributed by atoms with van der Waals surface area (Å²) in [6.45, 7) is 0. The maximum Gasteiger partial charge on any atom is 0.0547 e. The third-order valence-electron chi connectivity index (χ3n) is 2.99. The van der Waals surface area contributed by atoms with Crippen LogP contribution in [0.25, 0.3) is 0 Å². The van der Waals surface area contributed by atoms with Crippen molar-refractivity contribution in [3.8, 4) is 0 Å². The van der Waals surface area contributed by atoms with Crippen molar-refractivity contribution >= 4 is 34.1 Å². The molecule has 3 aromatic carbocycles. The van der Waals surface area contributed by atoms with E-state index in [1.165, 1.54) is 0 Å². The number of nitrogens with two attached hydrogens (primary N) is 6. The topological polar surface area (TPSA) is 156 Å². The van der Waals surface area contributed by atoms with Crippen molar-refractivity contribution in [2.75, 3.05) is 34.4 Å². The summed E-state index contributed by atoms with van der Waals surface area (Å²) in [6.07, 6.45) is 0.